The summed E-state index contributed by atoms with van der Waals surface area (Å²) >= 11 is 0. The van der Waals surface area contributed by atoms with Gasteiger partial charge in [0.25, 0.3) is 0 Å². The lowest BCUT2D eigenvalue weighted by molar-refractivity contribution is -0.153. The van der Waals surface area contributed by atoms with E-state index in [0.717, 1.165) is 37.7 Å². The zero-order chi connectivity index (χ0) is 23.7. The summed E-state index contributed by atoms with van der Waals surface area (Å²) in [4.78, 5) is 31.8. The van der Waals surface area contributed by atoms with Gasteiger partial charge < -0.3 is 4.74 Å². The molecule has 0 spiro atoms. The van der Waals surface area contributed by atoms with Crippen LogP contribution in [0.3, 0.4) is 0 Å². The van der Waals surface area contributed by atoms with Crippen LogP contribution in [0.1, 0.15) is 74.8 Å². The summed E-state index contributed by atoms with van der Waals surface area (Å²) in [5, 5.41) is 0. The molecule has 5 rings (SSSR count). The van der Waals surface area contributed by atoms with Crippen LogP contribution in [0.5, 0.6) is 0 Å². The normalized spacial score (nSPS) is 25.5. The van der Waals surface area contributed by atoms with Crippen LogP contribution in [0.15, 0.2) is 70.9 Å². The van der Waals surface area contributed by atoms with Crippen LogP contribution in [0.4, 0.5) is 4.39 Å². The first-order valence-corrected chi connectivity index (χ1v) is 12.3. The van der Waals surface area contributed by atoms with Gasteiger partial charge in [-0.3, -0.25) is 14.6 Å². The van der Waals surface area contributed by atoms with Crippen LogP contribution in [-0.4, -0.2) is 23.6 Å². The molecule has 0 saturated heterocycles. The Morgan fingerprint density at radius 1 is 0.971 bits per heavy atom. The van der Waals surface area contributed by atoms with Gasteiger partial charge in [-0.1, -0.05) is 55.0 Å². The standard InChI is InChI=1S/C29H30FNO3/c1-18-26(29(33)34-21-12-6-3-7-13-21)27(22-14-8-9-15-23(22)30)28-24(31-18)16-20(17-25(28)32)19-10-4-2-5-11-19/h2,4-5,8-11,14-15,20-21,26-27H,3,6-7,12-13,16-17H2,1H3/t20-,26?,27-/m1/s1. The molecule has 1 saturated carbocycles. The highest BCUT2D eigenvalue weighted by Crippen LogP contribution is 2.47. The van der Waals surface area contributed by atoms with Crippen molar-refractivity contribution in [1.29, 1.82) is 0 Å². The first-order valence-electron chi connectivity index (χ1n) is 12.3. The minimum absolute atomic E-state index is 0.0241. The molecule has 2 aromatic carbocycles. The van der Waals surface area contributed by atoms with E-state index < -0.39 is 23.6 Å². The van der Waals surface area contributed by atoms with Crippen LogP contribution >= 0.6 is 0 Å². The summed E-state index contributed by atoms with van der Waals surface area (Å²) < 4.78 is 21.0. The maximum Gasteiger partial charge on any atom is 0.315 e. The fourth-order valence-corrected chi connectivity index (χ4v) is 5.81. The molecule has 3 aliphatic rings. The zero-order valence-electron chi connectivity index (χ0n) is 19.5. The predicted molar refractivity (Wildman–Crippen MR) is 129 cm³/mol. The van der Waals surface area contributed by atoms with Gasteiger partial charge >= 0.3 is 5.97 Å². The second kappa shape index (κ2) is 9.65. The van der Waals surface area contributed by atoms with Crippen LogP contribution in [0, 0.1) is 11.7 Å². The topological polar surface area (TPSA) is 55.7 Å². The SMILES string of the molecule is CC1=NC2=C(C(=O)C[C@H](c3ccccc3)C2)[C@H](c2ccccc2F)C1C(=O)OC1CCCCC1. The third kappa shape index (κ3) is 4.36. The van der Waals surface area contributed by atoms with Crippen molar-refractivity contribution in [3.05, 3.63) is 82.8 Å². The Hall–Kier alpha value is -3.08. The first kappa shape index (κ1) is 22.7. The largest absolute Gasteiger partial charge is 0.462 e. The van der Waals surface area contributed by atoms with Gasteiger partial charge in [-0.2, -0.15) is 0 Å². The second-order valence-electron chi connectivity index (χ2n) is 9.73. The smallest absolute Gasteiger partial charge is 0.315 e. The van der Waals surface area contributed by atoms with Crippen LogP contribution in [0.25, 0.3) is 0 Å². The van der Waals surface area contributed by atoms with E-state index in [1.807, 2.05) is 30.3 Å². The molecular weight excluding hydrogens is 429 g/mol. The Labute approximate surface area is 199 Å². The molecule has 34 heavy (non-hydrogen) atoms. The van der Waals surface area contributed by atoms with Gasteiger partial charge in [-0.05, 0) is 62.1 Å². The van der Waals surface area contributed by atoms with Gasteiger partial charge in [-0.15, -0.1) is 0 Å². The highest BCUT2D eigenvalue weighted by atomic mass is 19.1. The number of ketones is 1. The molecule has 2 aliphatic carbocycles. The van der Waals surface area contributed by atoms with Gasteiger partial charge in [0.05, 0.1) is 0 Å². The molecule has 1 unspecified atom stereocenters. The average Bonchev–Trinajstić information content (AvgIpc) is 2.84. The summed E-state index contributed by atoms with van der Waals surface area (Å²) in [6.07, 6.45) is 5.75. The second-order valence-corrected chi connectivity index (χ2v) is 9.73. The summed E-state index contributed by atoms with van der Waals surface area (Å²) in [5.74, 6) is -2.36. The number of Topliss-reactive ketones (excluding diaryl/α,β-unsaturated/α-hetero) is 1. The minimum Gasteiger partial charge on any atom is -0.462 e. The van der Waals surface area contributed by atoms with Crippen LogP contribution in [0.2, 0.25) is 0 Å². The summed E-state index contributed by atoms with van der Waals surface area (Å²) in [7, 11) is 0. The average molecular weight is 460 g/mol. The van der Waals surface area contributed by atoms with Crippen molar-refractivity contribution < 1.29 is 18.7 Å². The molecule has 0 radical (unpaired) electrons. The number of ether oxygens (including phenoxy) is 1. The van der Waals surface area contributed by atoms with Crippen molar-refractivity contribution in [2.45, 2.75) is 69.8 Å². The van der Waals surface area contributed by atoms with E-state index in [4.69, 9.17) is 9.73 Å². The third-order valence-electron chi connectivity index (χ3n) is 7.49. The maximum atomic E-state index is 15.1. The number of rotatable bonds is 4. The molecule has 1 fully saturated rings. The van der Waals surface area contributed by atoms with Crippen molar-refractivity contribution in [1.82, 2.24) is 0 Å². The third-order valence-corrected chi connectivity index (χ3v) is 7.49. The minimum atomic E-state index is -0.796. The Bertz CT molecular complexity index is 1150. The molecule has 0 bridgehead atoms. The lowest BCUT2D eigenvalue weighted by Gasteiger charge is -2.37. The van der Waals surface area contributed by atoms with E-state index in [1.54, 1.807) is 25.1 Å². The summed E-state index contributed by atoms with van der Waals surface area (Å²) in [5.41, 5.74) is 3.21. The van der Waals surface area contributed by atoms with E-state index in [9.17, 15) is 9.59 Å². The number of aliphatic imine (C=N–C) groups is 1. The van der Waals surface area contributed by atoms with Crippen molar-refractivity contribution in [2.24, 2.45) is 10.9 Å². The van der Waals surface area contributed by atoms with Crippen molar-refractivity contribution in [3.8, 4) is 0 Å². The number of allylic oxidation sites excluding steroid dienone is 2. The fourth-order valence-electron chi connectivity index (χ4n) is 5.81. The molecule has 1 aliphatic heterocycles. The number of benzene rings is 2. The molecule has 2 aromatic rings. The summed E-state index contributed by atoms with van der Waals surface area (Å²) in [6.45, 7) is 1.81. The Kier molecular flexibility index (Phi) is 6.44. The highest BCUT2D eigenvalue weighted by Gasteiger charge is 2.46. The van der Waals surface area contributed by atoms with Gasteiger partial charge in [0.1, 0.15) is 17.8 Å². The number of hydrogen-bond donors (Lipinski definition) is 0. The number of nitrogens with zero attached hydrogens (tertiary/aromatic N) is 1. The quantitative estimate of drug-likeness (QED) is 0.506. The maximum absolute atomic E-state index is 15.1. The number of halogens is 1. The van der Waals surface area contributed by atoms with Crippen molar-refractivity contribution >= 4 is 17.5 Å². The van der Waals surface area contributed by atoms with E-state index >= 15 is 4.39 Å². The summed E-state index contributed by atoms with van der Waals surface area (Å²) in [6, 6.07) is 16.4. The number of carbonyl (C=O) groups excluding carboxylic acids is 2. The van der Waals surface area contributed by atoms with Crippen molar-refractivity contribution in [2.75, 3.05) is 0 Å². The molecule has 0 amide bonds. The van der Waals surface area contributed by atoms with E-state index in [1.165, 1.54) is 6.07 Å². The molecule has 3 atom stereocenters. The number of esters is 1. The molecule has 0 aromatic heterocycles. The molecule has 0 N–H and O–H groups in total. The zero-order valence-corrected chi connectivity index (χ0v) is 19.5. The van der Waals surface area contributed by atoms with Gasteiger partial charge in [0, 0.05) is 29.3 Å². The van der Waals surface area contributed by atoms with Gasteiger partial charge in [0.15, 0.2) is 5.78 Å². The lowest BCUT2D eigenvalue weighted by atomic mass is 9.69. The predicted octanol–water partition coefficient (Wildman–Crippen LogP) is 6.28. The molecule has 176 valence electrons. The van der Waals surface area contributed by atoms with Crippen LogP contribution < -0.4 is 0 Å². The van der Waals surface area contributed by atoms with E-state index in [-0.39, 0.29) is 17.8 Å². The molecular formula is C29H30FNO3. The highest BCUT2D eigenvalue weighted by molar-refractivity contribution is 6.09. The molecule has 1 heterocycles. The van der Waals surface area contributed by atoms with Crippen molar-refractivity contribution in [3.63, 3.8) is 0 Å². The Morgan fingerprint density at radius 2 is 1.68 bits per heavy atom. The Morgan fingerprint density at radius 3 is 2.41 bits per heavy atom. The van der Waals surface area contributed by atoms with Gasteiger partial charge in [0.2, 0.25) is 0 Å². The van der Waals surface area contributed by atoms with Crippen LogP contribution in [-0.2, 0) is 14.3 Å². The van der Waals surface area contributed by atoms with E-state index in [2.05, 4.69) is 0 Å². The monoisotopic (exact) mass is 459 g/mol. The number of hydrogen-bond acceptors (Lipinski definition) is 4. The Balaban J connectivity index is 1.54. The molecule has 4 nitrogen and oxygen atoms in total. The lowest BCUT2D eigenvalue weighted by Crippen LogP contribution is -2.39. The first-order chi connectivity index (χ1) is 16.5. The van der Waals surface area contributed by atoms with E-state index in [0.29, 0.717) is 35.4 Å². The number of carbonyl (C=O) groups is 2. The fraction of sp³-hybridized carbons (Fsp3) is 0.414. The molecule has 5 heteroatoms. The van der Waals surface area contributed by atoms with Gasteiger partial charge in [-0.25, -0.2) is 4.39 Å².